The summed E-state index contributed by atoms with van der Waals surface area (Å²) in [6.07, 6.45) is 10.7. The second kappa shape index (κ2) is 6.67. The zero-order valence-electron chi connectivity index (χ0n) is 11.2. The van der Waals surface area contributed by atoms with Gasteiger partial charge >= 0.3 is 0 Å². The van der Waals surface area contributed by atoms with Crippen molar-refractivity contribution >= 4 is 15.9 Å². The van der Waals surface area contributed by atoms with Crippen molar-refractivity contribution in [1.29, 1.82) is 0 Å². The van der Waals surface area contributed by atoms with Crippen LogP contribution in [0.25, 0.3) is 0 Å². The van der Waals surface area contributed by atoms with Crippen molar-refractivity contribution in [3.05, 3.63) is 30.1 Å². The first-order valence-electron chi connectivity index (χ1n) is 6.88. The van der Waals surface area contributed by atoms with Gasteiger partial charge in [-0.15, -0.1) is 0 Å². The molecule has 1 aliphatic carbocycles. The lowest BCUT2D eigenvalue weighted by molar-refractivity contribution is 0.141. The zero-order valence-corrected chi connectivity index (χ0v) is 12.8. The normalized spacial score (nSPS) is 19.1. The number of nitrogens with zero attached hydrogens (tertiary/aromatic N) is 2. The SMILES string of the molecule is CN(Cc1ccncc1)CC1(CBr)CCCCC1. The fourth-order valence-electron chi connectivity index (χ4n) is 3.06. The van der Waals surface area contributed by atoms with Gasteiger partial charge in [-0.05, 0) is 43.0 Å². The summed E-state index contributed by atoms with van der Waals surface area (Å²) >= 11 is 3.75. The third kappa shape index (κ3) is 3.79. The van der Waals surface area contributed by atoms with Gasteiger partial charge in [0.1, 0.15) is 0 Å². The molecule has 2 nitrogen and oxygen atoms in total. The minimum atomic E-state index is 0.500. The maximum atomic E-state index is 4.07. The van der Waals surface area contributed by atoms with Gasteiger partial charge in [-0.25, -0.2) is 0 Å². The van der Waals surface area contributed by atoms with E-state index < -0.39 is 0 Å². The highest BCUT2D eigenvalue weighted by Crippen LogP contribution is 2.38. The molecule has 0 N–H and O–H groups in total. The van der Waals surface area contributed by atoms with Gasteiger partial charge in [0.2, 0.25) is 0 Å². The Kier molecular flexibility index (Phi) is 5.19. The molecule has 0 spiro atoms. The molecule has 0 unspecified atom stereocenters. The summed E-state index contributed by atoms with van der Waals surface area (Å²) in [6, 6.07) is 4.22. The predicted molar refractivity (Wildman–Crippen MR) is 79.9 cm³/mol. The molecule has 0 saturated heterocycles. The third-order valence-corrected chi connectivity index (χ3v) is 5.19. The second-order valence-electron chi connectivity index (χ2n) is 5.72. The Morgan fingerprint density at radius 2 is 1.89 bits per heavy atom. The average molecular weight is 311 g/mol. The monoisotopic (exact) mass is 310 g/mol. The van der Waals surface area contributed by atoms with Crippen LogP contribution in [-0.2, 0) is 6.54 Å². The van der Waals surface area contributed by atoms with Gasteiger partial charge in [0.05, 0.1) is 0 Å². The van der Waals surface area contributed by atoms with Crippen molar-refractivity contribution in [3.63, 3.8) is 0 Å². The molecule has 0 radical (unpaired) electrons. The molecular weight excluding hydrogens is 288 g/mol. The van der Waals surface area contributed by atoms with Crippen LogP contribution in [0, 0.1) is 5.41 Å². The van der Waals surface area contributed by atoms with Gasteiger partial charge in [-0.2, -0.15) is 0 Å². The molecule has 0 bridgehead atoms. The molecule has 0 atom stereocenters. The van der Waals surface area contributed by atoms with Crippen molar-refractivity contribution in [2.45, 2.75) is 38.6 Å². The number of pyridine rings is 1. The van der Waals surface area contributed by atoms with E-state index in [0.29, 0.717) is 5.41 Å². The fourth-order valence-corrected chi connectivity index (χ4v) is 3.80. The standard InChI is InChI=1S/C15H23BrN2/c1-18(11-14-5-9-17-10-6-14)13-15(12-16)7-3-2-4-8-15/h5-6,9-10H,2-4,7-8,11-13H2,1H3. The number of aromatic nitrogens is 1. The maximum Gasteiger partial charge on any atom is 0.0271 e. The summed E-state index contributed by atoms with van der Waals surface area (Å²) in [4.78, 5) is 6.53. The van der Waals surface area contributed by atoms with E-state index >= 15 is 0 Å². The van der Waals surface area contributed by atoms with E-state index in [1.54, 1.807) is 0 Å². The van der Waals surface area contributed by atoms with E-state index in [0.717, 1.165) is 11.9 Å². The average Bonchev–Trinajstić information content (AvgIpc) is 2.41. The minimum absolute atomic E-state index is 0.500. The molecule has 1 aromatic rings. The Hall–Kier alpha value is -0.410. The number of rotatable bonds is 5. The highest BCUT2D eigenvalue weighted by molar-refractivity contribution is 9.09. The smallest absolute Gasteiger partial charge is 0.0271 e. The summed E-state index contributed by atoms with van der Waals surface area (Å²) in [5.74, 6) is 0. The first-order valence-corrected chi connectivity index (χ1v) is 8.00. The molecule has 1 heterocycles. The van der Waals surface area contributed by atoms with Crippen LogP contribution >= 0.6 is 15.9 Å². The molecule has 0 aromatic carbocycles. The quantitative estimate of drug-likeness (QED) is 0.768. The first-order chi connectivity index (χ1) is 8.74. The number of alkyl halides is 1. The van der Waals surface area contributed by atoms with Crippen molar-refractivity contribution < 1.29 is 0 Å². The van der Waals surface area contributed by atoms with E-state index in [1.165, 1.54) is 44.2 Å². The van der Waals surface area contributed by atoms with Crippen LogP contribution in [0.3, 0.4) is 0 Å². The summed E-state index contributed by atoms with van der Waals surface area (Å²) in [5, 5.41) is 1.14. The lowest BCUT2D eigenvalue weighted by atomic mass is 9.75. The minimum Gasteiger partial charge on any atom is -0.302 e. The van der Waals surface area contributed by atoms with Crippen LogP contribution in [0.4, 0.5) is 0 Å². The van der Waals surface area contributed by atoms with Gasteiger partial charge in [0.15, 0.2) is 0 Å². The van der Waals surface area contributed by atoms with Crippen LogP contribution in [-0.4, -0.2) is 28.8 Å². The Labute approximate surface area is 119 Å². The van der Waals surface area contributed by atoms with Gasteiger partial charge < -0.3 is 4.90 Å². The maximum absolute atomic E-state index is 4.07. The molecule has 0 amide bonds. The predicted octanol–water partition coefficient (Wildman–Crippen LogP) is 3.86. The number of hydrogen-bond donors (Lipinski definition) is 0. The summed E-state index contributed by atoms with van der Waals surface area (Å²) in [6.45, 7) is 2.22. The Bertz CT molecular complexity index is 347. The molecule has 1 aromatic heterocycles. The van der Waals surface area contributed by atoms with Crippen molar-refractivity contribution in [1.82, 2.24) is 9.88 Å². The molecule has 1 aliphatic rings. The molecule has 18 heavy (non-hydrogen) atoms. The molecule has 1 fully saturated rings. The first kappa shape index (κ1) is 14.0. The van der Waals surface area contributed by atoms with Crippen LogP contribution in [0.2, 0.25) is 0 Å². The number of halogens is 1. The van der Waals surface area contributed by atoms with E-state index in [4.69, 9.17) is 0 Å². The van der Waals surface area contributed by atoms with Crippen molar-refractivity contribution in [2.24, 2.45) is 5.41 Å². The second-order valence-corrected chi connectivity index (χ2v) is 6.28. The molecule has 100 valence electrons. The molecule has 0 aliphatic heterocycles. The molecule has 1 saturated carbocycles. The van der Waals surface area contributed by atoms with E-state index in [2.05, 4.69) is 45.0 Å². The van der Waals surface area contributed by atoms with Crippen molar-refractivity contribution in [2.75, 3.05) is 18.9 Å². The Balaban J connectivity index is 1.91. The van der Waals surface area contributed by atoms with Crippen LogP contribution in [0.15, 0.2) is 24.5 Å². The van der Waals surface area contributed by atoms with Gasteiger partial charge in [0, 0.05) is 30.8 Å². The van der Waals surface area contributed by atoms with E-state index in [1.807, 2.05) is 12.4 Å². The number of hydrogen-bond acceptors (Lipinski definition) is 2. The topological polar surface area (TPSA) is 16.1 Å². The van der Waals surface area contributed by atoms with E-state index in [9.17, 15) is 0 Å². The summed E-state index contributed by atoms with van der Waals surface area (Å²) in [7, 11) is 2.24. The molecule has 2 rings (SSSR count). The largest absolute Gasteiger partial charge is 0.302 e. The van der Waals surface area contributed by atoms with E-state index in [-0.39, 0.29) is 0 Å². The van der Waals surface area contributed by atoms with Crippen LogP contribution in [0.1, 0.15) is 37.7 Å². The zero-order chi connectivity index (χ0) is 12.8. The molecular formula is C15H23BrN2. The van der Waals surface area contributed by atoms with Crippen LogP contribution < -0.4 is 0 Å². The lowest BCUT2D eigenvalue weighted by Gasteiger charge is -2.39. The van der Waals surface area contributed by atoms with Gasteiger partial charge in [0.25, 0.3) is 0 Å². The third-order valence-electron chi connectivity index (χ3n) is 4.00. The van der Waals surface area contributed by atoms with Gasteiger partial charge in [-0.3, -0.25) is 4.98 Å². The molecule has 3 heteroatoms. The van der Waals surface area contributed by atoms with Gasteiger partial charge in [-0.1, -0.05) is 35.2 Å². The Morgan fingerprint density at radius 3 is 2.50 bits per heavy atom. The van der Waals surface area contributed by atoms with Crippen molar-refractivity contribution in [3.8, 4) is 0 Å². The summed E-state index contributed by atoms with van der Waals surface area (Å²) in [5.41, 5.74) is 1.85. The fraction of sp³-hybridized carbons (Fsp3) is 0.667. The highest BCUT2D eigenvalue weighted by Gasteiger charge is 2.31. The lowest BCUT2D eigenvalue weighted by Crippen LogP contribution is -2.38. The summed E-state index contributed by atoms with van der Waals surface area (Å²) < 4.78 is 0. The Morgan fingerprint density at radius 1 is 1.22 bits per heavy atom. The highest BCUT2D eigenvalue weighted by atomic mass is 79.9. The van der Waals surface area contributed by atoms with Crippen LogP contribution in [0.5, 0.6) is 0 Å².